The summed E-state index contributed by atoms with van der Waals surface area (Å²) in [4.78, 5) is 16.0. The number of benzene rings is 2. The van der Waals surface area contributed by atoms with E-state index in [9.17, 15) is 10.1 Å². The van der Waals surface area contributed by atoms with E-state index < -0.39 is 0 Å². The number of fused-ring (bicyclic) bond motifs is 3. The van der Waals surface area contributed by atoms with Crippen LogP contribution in [-0.2, 0) is 11.2 Å². The number of carbonyl (C=O) groups is 1. The molecule has 0 aliphatic rings. The molecule has 0 atom stereocenters. The van der Waals surface area contributed by atoms with Gasteiger partial charge in [-0.3, -0.25) is 9.20 Å². The third-order valence-corrected chi connectivity index (χ3v) is 5.05. The molecule has 0 aliphatic carbocycles. The largest absolute Gasteiger partial charge is 0.341 e. The summed E-state index contributed by atoms with van der Waals surface area (Å²) in [5.41, 5.74) is 6.69. The quantitative estimate of drug-likeness (QED) is 0.523. The van der Waals surface area contributed by atoms with Gasteiger partial charge in [0.25, 0.3) is 0 Å². The van der Waals surface area contributed by atoms with E-state index in [-0.39, 0.29) is 5.91 Å². The van der Waals surface area contributed by atoms with Crippen molar-refractivity contribution in [3.8, 4) is 6.07 Å². The molecule has 0 bridgehead atoms. The summed E-state index contributed by atoms with van der Waals surface area (Å²) in [5.74, 6) is 0.799. The molecule has 0 aliphatic heterocycles. The molecule has 4 aromatic rings. The molecule has 1 amide bonds. The van der Waals surface area contributed by atoms with Gasteiger partial charge in [-0.1, -0.05) is 19.1 Å². The molecule has 6 heteroatoms. The highest BCUT2D eigenvalue weighted by molar-refractivity contribution is 5.89. The second-order valence-electron chi connectivity index (χ2n) is 6.94. The molecule has 0 spiro atoms. The lowest BCUT2D eigenvalue weighted by atomic mass is 10.0. The smallest absolute Gasteiger partial charge is 0.221 e. The Morgan fingerprint density at radius 3 is 2.48 bits per heavy atom. The lowest BCUT2D eigenvalue weighted by molar-refractivity contribution is -0.114. The van der Waals surface area contributed by atoms with Crippen molar-refractivity contribution in [3.05, 3.63) is 65.2 Å². The standard InChI is InChI=1S/C23H21N5O/c1-4-18-14(2)19(13-24)23-27-20-7-5-6-8-21(20)28(23)22(18)26-17-11-9-16(10-12-17)25-15(3)29/h5-12,26H,4H2,1-3H3,(H,25,29). The highest BCUT2D eigenvalue weighted by Gasteiger charge is 2.19. The van der Waals surface area contributed by atoms with Crippen molar-refractivity contribution in [2.24, 2.45) is 0 Å². The summed E-state index contributed by atoms with van der Waals surface area (Å²) in [6.07, 6.45) is 0.773. The number of carbonyl (C=O) groups excluding carboxylic acids is 1. The van der Waals surface area contributed by atoms with Crippen molar-refractivity contribution in [1.29, 1.82) is 5.26 Å². The maximum Gasteiger partial charge on any atom is 0.221 e. The minimum atomic E-state index is -0.103. The number of amides is 1. The molecule has 0 fully saturated rings. The number of anilines is 3. The molecule has 0 radical (unpaired) electrons. The third kappa shape index (κ3) is 3.17. The van der Waals surface area contributed by atoms with Gasteiger partial charge in [-0.25, -0.2) is 4.98 Å². The first-order chi connectivity index (χ1) is 14.0. The van der Waals surface area contributed by atoms with E-state index in [0.717, 1.165) is 45.8 Å². The van der Waals surface area contributed by atoms with Crippen molar-refractivity contribution < 1.29 is 4.79 Å². The van der Waals surface area contributed by atoms with Gasteiger partial charge in [0.05, 0.1) is 16.6 Å². The number of para-hydroxylation sites is 2. The lowest BCUT2D eigenvalue weighted by Gasteiger charge is -2.18. The zero-order valence-corrected chi connectivity index (χ0v) is 16.6. The van der Waals surface area contributed by atoms with Crippen LogP contribution in [0.1, 0.15) is 30.5 Å². The van der Waals surface area contributed by atoms with Crippen LogP contribution in [0, 0.1) is 18.3 Å². The van der Waals surface area contributed by atoms with E-state index >= 15 is 0 Å². The Morgan fingerprint density at radius 2 is 1.83 bits per heavy atom. The molecule has 2 aromatic heterocycles. The molecular formula is C23H21N5O. The molecule has 29 heavy (non-hydrogen) atoms. The minimum absolute atomic E-state index is 0.103. The maximum absolute atomic E-state index is 11.2. The fourth-order valence-corrected chi connectivity index (χ4v) is 3.73. The minimum Gasteiger partial charge on any atom is -0.341 e. The average Bonchev–Trinajstić information content (AvgIpc) is 3.08. The molecule has 0 saturated carbocycles. The Hall–Kier alpha value is -3.85. The van der Waals surface area contributed by atoms with Gasteiger partial charge < -0.3 is 10.6 Å². The lowest BCUT2D eigenvalue weighted by Crippen LogP contribution is -2.08. The van der Waals surface area contributed by atoms with Gasteiger partial charge in [-0.2, -0.15) is 5.26 Å². The molecule has 144 valence electrons. The monoisotopic (exact) mass is 383 g/mol. The van der Waals surface area contributed by atoms with E-state index in [1.807, 2.05) is 59.9 Å². The summed E-state index contributed by atoms with van der Waals surface area (Å²) in [6.45, 7) is 5.54. The summed E-state index contributed by atoms with van der Waals surface area (Å²) in [7, 11) is 0. The number of rotatable bonds is 4. The molecular weight excluding hydrogens is 362 g/mol. The summed E-state index contributed by atoms with van der Waals surface area (Å²) >= 11 is 0. The van der Waals surface area contributed by atoms with Gasteiger partial charge in [0.15, 0.2) is 5.65 Å². The van der Waals surface area contributed by atoms with Crippen LogP contribution in [0.15, 0.2) is 48.5 Å². The molecule has 0 saturated heterocycles. The first kappa shape index (κ1) is 18.5. The van der Waals surface area contributed by atoms with Crippen LogP contribution in [0.4, 0.5) is 17.2 Å². The number of aromatic nitrogens is 2. The fourth-order valence-electron chi connectivity index (χ4n) is 3.73. The zero-order chi connectivity index (χ0) is 20.5. The van der Waals surface area contributed by atoms with Crippen LogP contribution >= 0.6 is 0 Å². The topological polar surface area (TPSA) is 82.2 Å². The van der Waals surface area contributed by atoms with E-state index in [4.69, 9.17) is 4.98 Å². The first-order valence-corrected chi connectivity index (χ1v) is 9.51. The Labute approximate surface area is 168 Å². The second kappa shape index (κ2) is 7.28. The van der Waals surface area contributed by atoms with Gasteiger partial charge in [0.2, 0.25) is 5.91 Å². The Kier molecular flexibility index (Phi) is 4.65. The SMILES string of the molecule is CCc1c(C)c(C#N)c2nc3ccccc3n2c1Nc1ccc(NC(C)=O)cc1. The Balaban J connectivity index is 1.93. The first-order valence-electron chi connectivity index (χ1n) is 9.51. The number of imidazole rings is 1. The summed E-state index contributed by atoms with van der Waals surface area (Å²) < 4.78 is 2.03. The molecule has 2 N–H and O–H groups in total. The molecule has 4 rings (SSSR count). The summed E-state index contributed by atoms with van der Waals surface area (Å²) in [6, 6.07) is 17.8. The van der Waals surface area contributed by atoms with Crippen molar-refractivity contribution in [3.63, 3.8) is 0 Å². The van der Waals surface area contributed by atoms with E-state index in [1.54, 1.807) is 0 Å². The normalized spacial score (nSPS) is 10.8. The number of hydrogen-bond acceptors (Lipinski definition) is 4. The number of hydrogen-bond donors (Lipinski definition) is 2. The Morgan fingerprint density at radius 1 is 1.14 bits per heavy atom. The van der Waals surface area contributed by atoms with Crippen molar-refractivity contribution >= 4 is 39.8 Å². The molecule has 0 unspecified atom stereocenters. The number of nitrogens with zero attached hydrogens (tertiary/aromatic N) is 3. The number of nitrogens with one attached hydrogen (secondary N) is 2. The van der Waals surface area contributed by atoms with Crippen molar-refractivity contribution in [2.75, 3.05) is 10.6 Å². The molecule has 2 heterocycles. The zero-order valence-electron chi connectivity index (χ0n) is 16.6. The highest BCUT2D eigenvalue weighted by atomic mass is 16.1. The predicted octanol–water partition coefficient (Wildman–Crippen LogP) is 4.93. The van der Waals surface area contributed by atoms with Gasteiger partial charge in [0.1, 0.15) is 11.9 Å². The number of nitriles is 1. The average molecular weight is 383 g/mol. The second-order valence-corrected chi connectivity index (χ2v) is 6.94. The third-order valence-electron chi connectivity index (χ3n) is 5.05. The maximum atomic E-state index is 11.2. The van der Waals surface area contributed by atoms with E-state index in [1.165, 1.54) is 6.92 Å². The molecule has 6 nitrogen and oxygen atoms in total. The number of pyridine rings is 1. The van der Waals surface area contributed by atoms with Crippen molar-refractivity contribution in [2.45, 2.75) is 27.2 Å². The van der Waals surface area contributed by atoms with Crippen LogP contribution < -0.4 is 10.6 Å². The van der Waals surface area contributed by atoms with Crippen LogP contribution in [0.5, 0.6) is 0 Å². The van der Waals surface area contributed by atoms with Gasteiger partial charge >= 0.3 is 0 Å². The van der Waals surface area contributed by atoms with Gasteiger partial charge in [0, 0.05) is 18.3 Å². The summed E-state index contributed by atoms with van der Waals surface area (Å²) in [5, 5.41) is 16.1. The van der Waals surface area contributed by atoms with Crippen molar-refractivity contribution in [1.82, 2.24) is 9.38 Å². The van der Waals surface area contributed by atoms with Crippen LogP contribution in [0.3, 0.4) is 0 Å². The van der Waals surface area contributed by atoms with E-state index in [2.05, 4.69) is 23.6 Å². The molecule has 2 aromatic carbocycles. The van der Waals surface area contributed by atoms with Crippen LogP contribution in [-0.4, -0.2) is 15.3 Å². The Bertz CT molecular complexity index is 1280. The predicted molar refractivity (Wildman–Crippen MR) is 116 cm³/mol. The van der Waals surface area contributed by atoms with Gasteiger partial charge in [-0.15, -0.1) is 0 Å². The van der Waals surface area contributed by atoms with E-state index in [0.29, 0.717) is 11.2 Å². The fraction of sp³-hybridized carbons (Fsp3) is 0.174. The van der Waals surface area contributed by atoms with Crippen LogP contribution in [0.2, 0.25) is 0 Å². The highest BCUT2D eigenvalue weighted by Crippen LogP contribution is 2.33. The van der Waals surface area contributed by atoms with Crippen LogP contribution in [0.25, 0.3) is 16.7 Å². The van der Waals surface area contributed by atoms with Gasteiger partial charge in [-0.05, 0) is 60.9 Å².